The zero-order valence-electron chi connectivity index (χ0n) is 12.1. The van der Waals surface area contributed by atoms with Crippen molar-refractivity contribution in [2.45, 2.75) is 37.3 Å². The molecule has 1 atom stereocenters. The molecule has 0 radical (unpaired) electrons. The minimum absolute atomic E-state index is 0.0280. The van der Waals surface area contributed by atoms with Crippen LogP contribution in [0.4, 0.5) is 0 Å². The summed E-state index contributed by atoms with van der Waals surface area (Å²) in [6, 6.07) is 4.67. The Morgan fingerprint density at radius 3 is 2.90 bits per heavy atom. The first-order valence-corrected chi connectivity index (χ1v) is 8.91. The Morgan fingerprint density at radius 2 is 2.24 bits per heavy atom. The average Bonchev–Trinajstić information content (AvgIpc) is 2.48. The molecule has 118 valence electrons. The molecule has 1 heterocycles. The molecule has 0 amide bonds. The summed E-state index contributed by atoms with van der Waals surface area (Å²) in [6.07, 6.45) is 1.68. The molecule has 0 spiro atoms. The molecule has 0 aromatic heterocycles. The van der Waals surface area contributed by atoms with Crippen LogP contribution < -0.4 is 5.73 Å². The molecule has 1 aromatic rings. The first kappa shape index (κ1) is 16.7. The van der Waals surface area contributed by atoms with Gasteiger partial charge in [0.2, 0.25) is 10.0 Å². The predicted molar refractivity (Wildman–Crippen MR) is 82.8 cm³/mol. The van der Waals surface area contributed by atoms with Crippen molar-refractivity contribution in [1.82, 2.24) is 4.31 Å². The Morgan fingerprint density at radius 1 is 1.48 bits per heavy atom. The van der Waals surface area contributed by atoms with E-state index in [1.807, 2.05) is 6.92 Å². The predicted octanol–water partition coefficient (Wildman–Crippen LogP) is 1.99. The van der Waals surface area contributed by atoms with Crippen LogP contribution in [0.25, 0.3) is 0 Å². The quantitative estimate of drug-likeness (QED) is 0.895. The van der Waals surface area contributed by atoms with Crippen LogP contribution in [0, 0.1) is 0 Å². The van der Waals surface area contributed by atoms with Crippen LogP contribution >= 0.6 is 11.6 Å². The highest BCUT2D eigenvalue weighted by molar-refractivity contribution is 7.89. The summed E-state index contributed by atoms with van der Waals surface area (Å²) in [5, 5.41) is 0.488. The lowest BCUT2D eigenvalue weighted by molar-refractivity contribution is 0.0265. The van der Waals surface area contributed by atoms with E-state index in [2.05, 4.69) is 0 Å². The van der Waals surface area contributed by atoms with Gasteiger partial charge in [-0.05, 0) is 43.5 Å². The Kier molecular flexibility index (Phi) is 5.62. The Labute approximate surface area is 131 Å². The van der Waals surface area contributed by atoms with E-state index in [1.165, 1.54) is 10.4 Å². The topological polar surface area (TPSA) is 72.6 Å². The van der Waals surface area contributed by atoms with Crippen molar-refractivity contribution in [2.24, 2.45) is 5.73 Å². The molecule has 0 saturated carbocycles. The van der Waals surface area contributed by atoms with E-state index >= 15 is 0 Å². The van der Waals surface area contributed by atoms with Crippen LogP contribution in [0.3, 0.4) is 0 Å². The smallest absolute Gasteiger partial charge is 0.243 e. The number of nitrogens with zero attached hydrogens (tertiary/aromatic N) is 1. The van der Waals surface area contributed by atoms with Gasteiger partial charge in [0, 0.05) is 31.3 Å². The van der Waals surface area contributed by atoms with Crippen LogP contribution in [0.2, 0.25) is 5.02 Å². The molecule has 1 unspecified atom stereocenters. The van der Waals surface area contributed by atoms with Gasteiger partial charge in [0.1, 0.15) is 0 Å². The van der Waals surface area contributed by atoms with Crippen molar-refractivity contribution in [2.75, 3.05) is 19.7 Å². The number of halogens is 1. The zero-order chi connectivity index (χ0) is 15.5. The van der Waals surface area contributed by atoms with Gasteiger partial charge in [0.25, 0.3) is 0 Å². The highest BCUT2D eigenvalue weighted by Crippen LogP contribution is 2.25. The summed E-state index contributed by atoms with van der Waals surface area (Å²) in [7, 11) is -3.52. The van der Waals surface area contributed by atoms with Crippen LogP contribution in [0.5, 0.6) is 0 Å². The van der Waals surface area contributed by atoms with Gasteiger partial charge in [-0.25, -0.2) is 8.42 Å². The summed E-state index contributed by atoms with van der Waals surface area (Å²) in [4.78, 5) is 0.240. The van der Waals surface area contributed by atoms with E-state index in [-0.39, 0.29) is 17.5 Å². The maximum absolute atomic E-state index is 12.7. The first-order chi connectivity index (χ1) is 9.98. The van der Waals surface area contributed by atoms with Crippen molar-refractivity contribution in [3.05, 3.63) is 28.8 Å². The van der Waals surface area contributed by atoms with Crippen LogP contribution in [0.15, 0.2) is 23.1 Å². The second-order valence-corrected chi connectivity index (χ2v) is 7.39. The fourth-order valence-corrected chi connectivity index (χ4v) is 4.27. The van der Waals surface area contributed by atoms with Gasteiger partial charge >= 0.3 is 0 Å². The Bertz CT molecular complexity index is 590. The number of benzene rings is 1. The maximum Gasteiger partial charge on any atom is 0.243 e. The molecule has 2 N–H and O–H groups in total. The lowest BCUT2D eigenvalue weighted by Gasteiger charge is -2.31. The summed E-state index contributed by atoms with van der Waals surface area (Å²) in [5.41, 5.74) is 6.23. The average molecular weight is 333 g/mol. The number of sulfonamides is 1. The fourth-order valence-electron chi connectivity index (χ4n) is 2.51. The third-order valence-corrected chi connectivity index (χ3v) is 5.85. The molecule has 1 aliphatic rings. The minimum Gasteiger partial charge on any atom is -0.377 e. The monoisotopic (exact) mass is 332 g/mol. The SMILES string of the molecule is CCOC1CCCN(S(=O)(=O)c2ccc(Cl)c(CN)c2)C1. The number of piperidine rings is 1. The maximum atomic E-state index is 12.7. The minimum atomic E-state index is -3.52. The zero-order valence-corrected chi connectivity index (χ0v) is 13.7. The van der Waals surface area contributed by atoms with Gasteiger partial charge in [0.05, 0.1) is 11.0 Å². The van der Waals surface area contributed by atoms with Crippen molar-refractivity contribution < 1.29 is 13.2 Å². The van der Waals surface area contributed by atoms with E-state index in [0.29, 0.717) is 30.3 Å². The van der Waals surface area contributed by atoms with Gasteiger partial charge in [0.15, 0.2) is 0 Å². The first-order valence-electron chi connectivity index (χ1n) is 7.09. The summed E-state index contributed by atoms with van der Waals surface area (Å²) >= 11 is 5.99. The van der Waals surface area contributed by atoms with Crippen LogP contribution in [-0.2, 0) is 21.3 Å². The highest BCUT2D eigenvalue weighted by atomic mass is 35.5. The third-order valence-electron chi connectivity index (χ3n) is 3.62. The van der Waals surface area contributed by atoms with Gasteiger partial charge in [-0.1, -0.05) is 11.6 Å². The van der Waals surface area contributed by atoms with E-state index in [4.69, 9.17) is 22.1 Å². The summed E-state index contributed by atoms with van der Waals surface area (Å²) < 4.78 is 32.5. The summed E-state index contributed by atoms with van der Waals surface area (Å²) in [5.74, 6) is 0. The van der Waals surface area contributed by atoms with Gasteiger partial charge in [-0.2, -0.15) is 4.31 Å². The van der Waals surface area contributed by atoms with Crippen molar-refractivity contribution in [3.63, 3.8) is 0 Å². The highest BCUT2D eigenvalue weighted by Gasteiger charge is 2.30. The van der Waals surface area contributed by atoms with Gasteiger partial charge in [-0.3, -0.25) is 0 Å². The fraction of sp³-hybridized carbons (Fsp3) is 0.571. The number of rotatable bonds is 5. The van der Waals surface area contributed by atoms with E-state index in [9.17, 15) is 8.42 Å². The van der Waals surface area contributed by atoms with Crippen molar-refractivity contribution >= 4 is 21.6 Å². The molecule has 21 heavy (non-hydrogen) atoms. The van der Waals surface area contributed by atoms with Crippen molar-refractivity contribution in [1.29, 1.82) is 0 Å². The number of ether oxygens (including phenoxy) is 1. The standard InChI is InChI=1S/C14H21ClN2O3S/c1-2-20-12-4-3-7-17(10-12)21(18,19)13-5-6-14(15)11(8-13)9-16/h5-6,8,12H,2-4,7,9-10,16H2,1H3. The molecule has 5 nitrogen and oxygen atoms in total. The van der Waals surface area contributed by atoms with Gasteiger partial charge in [-0.15, -0.1) is 0 Å². The molecule has 1 aromatic carbocycles. The number of hydrogen-bond acceptors (Lipinski definition) is 4. The summed E-state index contributed by atoms with van der Waals surface area (Å²) in [6.45, 7) is 3.64. The largest absolute Gasteiger partial charge is 0.377 e. The molecule has 1 saturated heterocycles. The van der Waals surface area contributed by atoms with Crippen LogP contribution in [-0.4, -0.2) is 38.5 Å². The third kappa shape index (κ3) is 3.76. The lowest BCUT2D eigenvalue weighted by atomic mass is 10.1. The number of hydrogen-bond donors (Lipinski definition) is 1. The Balaban J connectivity index is 2.25. The Hall–Kier alpha value is -0.660. The lowest BCUT2D eigenvalue weighted by Crippen LogP contribution is -2.43. The van der Waals surface area contributed by atoms with Gasteiger partial charge < -0.3 is 10.5 Å². The number of nitrogens with two attached hydrogens (primary N) is 1. The molecule has 7 heteroatoms. The van der Waals surface area contributed by atoms with E-state index in [0.717, 1.165) is 12.8 Å². The van der Waals surface area contributed by atoms with Crippen molar-refractivity contribution in [3.8, 4) is 0 Å². The molecule has 1 fully saturated rings. The molecule has 2 rings (SSSR count). The second kappa shape index (κ2) is 7.07. The molecule has 1 aliphatic heterocycles. The second-order valence-electron chi connectivity index (χ2n) is 5.04. The van der Waals surface area contributed by atoms with E-state index in [1.54, 1.807) is 12.1 Å². The molecule has 0 bridgehead atoms. The van der Waals surface area contributed by atoms with E-state index < -0.39 is 10.0 Å². The normalized spacial score (nSPS) is 20.6. The molecule has 0 aliphatic carbocycles. The molecular formula is C14H21ClN2O3S. The van der Waals surface area contributed by atoms with Crippen LogP contribution in [0.1, 0.15) is 25.3 Å². The molecular weight excluding hydrogens is 312 g/mol.